The van der Waals surface area contributed by atoms with E-state index in [0.717, 1.165) is 30.6 Å². The second kappa shape index (κ2) is 6.92. The van der Waals surface area contributed by atoms with E-state index >= 15 is 0 Å². The fraction of sp³-hybridized carbons (Fsp3) is 0.444. The number of halogens is 3. The maximum atomic E-state index is 12.9. The summed E-state index contributed by atoms with van der Waals surface area (Å²) in [6, 6.07) is 4.52. The third-order valence-corrected chi connectivity index (χ3v) is 5.17. The first-order valence-electron chi connectivity index (χ1n) is 9.00. The molecule has 7 nitrogen and oxygen atoms in total. The molecule has 0 saturated carbocycles. The minimum absolute atomic E-state index is 0.0947. The van der Waals surface area contributed by atoms with E-state index in [2.05, 4.69) is 15.0 Å². The maximum absolute atomic E-state index is 12.9. The summed E-state index contributed by atoms with van der Waals surface area (Å²) in [4.78, 5) is 26.3. The average Bonchev–Trinajstić information content (AvgIpc) is 2.93. The lowest BCUT2D eigenvalue weighted by molar-refractivity contribution is -0.141. The number of hydrogen-bond acceptors (Lipinski definition) is 5. The molecule has 0 unspecified atom stereocenters. The minimum Gasteiger partial charge on any atom is -0.341 e. The Morgan fingerprint density at radius 1 is 1.14 bits per heavy atom. The van der Waals surface area contributed by atoms with E-state index in [0.29, 0.717) is 25.3 Å². The van der Waals surface area contributed by atoms with Crippen molar-refractivity contribution in [3.8, 4) is 0 Å². The highest BCUT2D eigenvalue weighted by Crippen LogP contribution is 2.29. The van der Waals surface area contributed by atoms with Gasteiger partial charge in [0, 0.05) is 39.1 Å². The molecule has 3 aromatic rings. The Kier molecular flexibility index (Phi) is 4.56. The molecule has 1 fully saturated rings. The summed E-state index contributed by atoms with van der Waals surface area (Å²) in [5.74, 6) is 0.324. The summed E-state index contributed by atoms with van der Waals surface area (Å²) in [7, 11) is 1.72. The summed E-state index contributed by atoms with van der Waals surface area (Å²) < 4.78 is 41.8. The number of pyridine rings is 1. The van der Waals surface area contributed by atoms with Crippen molar-refractivity contribution in [3.63, 3.8) is 0 Å². The predicted molar refractivity (Wildman–Crippen MR) is 96.9 cm³/mol. The van der Waals surface area contributed by atoms with Gasteiger partial charge in [0.05, 0.1) is 5.52 Å². The molecular weight excluding hydrogens is 373 g/mol. The number of anilines is 1. The van der Waals surface area contributed by atoms with Crippen molar-refractivity contribution in [3.05, 3.63) is 46.8 Å². The molecule has 0 bridgehead atoms. The van der Waals surface area contributed by atoms with Gasteiger partial charge < -0.3 is 4.90 Å². The summed E-state index contributed by atoms with van der Waals surface area (Å²) in [6.07, 6.45) is -0.229. The molecule has 1 saturated heterocycles. The predicted octanol–water partition coefficient (Wildman–Crippen LogP) is 2.46. The van der Waals surface area contributed by atoms with Gasteiger partial charge in [-0.05, 0) is 37.0 Å². The molecule has 10 heteroatoms. The first kappa shape index (κ1) is 18.5. The zero-order chi connectivity index (χ0) is 19.9. The lowest BCUT2D eigenvalue weighted by Gasteiger charge is -2.32. The largest absolute Gasteiger partial charge is 0.433 e. The standard InChI is InChI=1S/C18H19F3N6O/c1-25-13-3-2-7-22-15(13)27(17(25)28)11-12-5-9-26(10-6-12)16-23-8-4-14(24-16)18(19,20)21/h2-4,7-8,12H,5-6,9-11H2,1H3. The van der Waals surface area contributed by atoms with Crippen molar-refractivity contribution >= 4 is 17.1 Å². The van der Waals surface area contributed by atoms with Gasteiger partial charge in [-0.2, -0.15) is 13.2 Å². The first-order chi connectivity index (χ1) is 13.3. The fourth-order valence-corrected chi connectivity index (χ4v) is 3.63. The Bertz CT molecular complexity index is 1050. The Labute approximate surface area is 158 Å². The van der Waals surface area contributed by atoms with Gasteiger partial charge in [-0.1, -0.05) is 0 Å². The third-order valence-electron chi connectivity index (χ3n) is 5.17. The van der Waals surface area contributed by atoms with E-state index in [1.807, 2.05) is 6.07 Å². The van der Waals surface area contributed by atoms with Gasteiger partial charge in [0.15, 0.2) is 5.65 Å². The molecule has 0 N–H and O–H groups in total. The van der Waals surface area contributed by atoms with Gasteiger partial charge in [0.2, 0.25) is 5.95 Å². The number of alkyl halides is 3. The van der Waals surface area contributed by atoms with Gasteiger partial charge in [0.25, 0.3) is 0 Å². The Balaban J connectivity index is 1.47. The molecule has 0 aliphatic carbocycles. The van der Waals surface area contributed by atoms with E-state index in [1.54, 1.807) is 33.3 Å². The van der Waals surface area contributed by atoms with E-state index < -0.39 is 11.9 Å². The van der Waals surface area contributed by atoms with Crippen LogP contribution in [0, 0.1) is 5.92 Å². The van der Waals surface area contributed by atoms with Crippen LogP contribution in [0.3, 0.4) is 0 Å². The highest BCUT2D eigenvalue weighted by molar-refractivity contribution is 5.71. The van der Waals surface area contributed by atoms with E-state index in [-0.39, 0.29) is 17.6 Å². The summed E-state index contributed by atoms with van der Waals surface area (Å²) in [6.45, 7) is 1.61. The van der Waals surface area contributed by atoms with Crippen LogP contribution in [-0.2, 0) is 19.8 Å². The number of aromatic nitrogens is 5. The topological polar surface area (TPSA) is 68.8 Å². The molecule has 0 amide bonds. The summed E-state index contributed by atoms with van der Waals surface area (Å²) >= 11 is 0. The SMILES string of the molecule is Cn1c(=O)n(CC2CCN(c3nccc(C(F)(F)F)n3)CC2)c2ncccc21. The van der Waals surface area contributed by atoms with Crippen molar-refractivity contribution in [1.82, 2.24) is 24.1 Å². The molecule has 1 aliphatic heterocycles. The molecule has 4 rings (SSSR count). The van der Waals surface area contributed by atoms with Crippen molar-refractivity contribution < 1.29 is 13.2 Å². The van der Waals surface area contributed by atoms with Crippen molar-refractivity contribution in [2.75, 3.05) is 18.0 Å². The summed E-state index contributed by atoms with van der Waals surface area (Å²) in [5, 5.41) is 0. The number of fused-ring (bicyclic) bond motifs is 1. The number of imidazole rings is 1. The van der Waals surface area contributed by atoms with Crippen LogP contribution in [0.25, 0.3) is 11.2 Å². The number of hydrogen-bond donors (Lipinski definition) is 0. The quantitative estimate of drug-likeness (QED) is 0.685. The van der Waals surface area contributed by atoms with Crippen LogP contribution in [0.1, 0.15) is 18.5 Å². The van der Waals surface area contributed by atoms with Crippen LogP contribution in [0.2, 0.25) is 0 Å². The zero-order valence-electron chi connectivity index (χ0n) is 15.2. The van der Waals surface area contributed by atoms with Gasteiger partial charge >= 0.3 is 11.9 Å². The van der Waals surface area contributed by atoms with Gasteiger partial charge in [-0.3, -0.25) is 9.13 Å². The van der Waals surface area contributed by atoms with Crippen molar-refractivity contribution in [2.45, 2.75) is 25.6 Å². The van der Waals surface area contributed by atoms with Crippen LogP contribution in [0.15, 0.2) is 35.4 Å². The molecule has 3 aromatic heterocycles. The van der Waals surface area contributed by atoms with Gasteiger partial charge in [-0.25, -0.2) is 19.7 Å². The smallest absolute Gasteiger partial charge is 0.341 e. The molecule has 0 spiro atoms. The van der Waals surface area contributed by atoms with E-state index in [9.17, 15) is 18.0 Å². The molecule has 28 heavy (non-hydrogen) atoms. The van der Waals surface area contributed by atoms with Crippen LogP contribution in [0.4, 0.5) is 19.1 Å². The van der Waals surface area contributed by atoms with Gasteiger partial charge in [0.1, 0.15) is 5.69 Å². The van der Waals surface area contributed by atoms with Crippen molar-refractivity contribution in [1.29, 1.82) is 0 Å². The van der Waals surface area contributed by atoms with Crippen LogP contribution < -0.4 is 10.6 Å². The second-order valence-corrected chi connectivity index (χ2v) is 6.97. The minimum atomic E-state index is -4.49. The Morgan fingerprint density at radius 3 is 2.61 bits per heavy atom. The normalized spacial score (nSPS) is 16.1. The third kappa shape index (κ3) is 3.34. The number of nitrogens with zero attached hydrogens (tertiary/aromatic N) is 6. The molecular formula is C18H19F3N6O. The number of piperidine rings is 1. The van der Waals surface area contributed by atoms with Crippen LogP contribution >= 0.6 is 0 Å². The Hall–Kier alpha value is -2.91. The van der Waals surface area contributed by atoms with Gasteiger partial charge in [-0.15, -0.1) is 0 Å². The monoisotopic (exact) mass is 392 g/mol. The van der Waals surface area contributed by atoms with Crippen molar-refractivity contribution in [2.24, 2.45) is 13.0 Å². The highest BCUT2D eigenvalue weighted by Gasteiger charge is 2.33. The molecule has 148 valence electrons. The number of rotatable bonds is 3. The number of aryl methyl sites for hydroxylation is 1. The molecule has 4 heterocycles. The molecule has 0 aromatic carbocycles. The zero-order valence-corrected chi connectivity index (χ0v) is 15.2. The lowest BCUT2D eigenvalue weighted by atomic mass is 9.97. The van der Waals surface area contributed by atoms with Crippen LogP contribution in [0.5, 0.6) is 0 Å². The maximum Gasteiger partial charge on any atom is 0.433 e. The highest BCUT2D eigenvalue weighted by atomic mass is 19.4. The fourth-order valence-electron chi connectivity index (χ4n) is 3.63. The first-order valence-corrected chi connectivity index (χ1v) is 9.00. The second-order valence-electron chi connectivity index (χ2n) is 6.97. The van der Waals surface area contributed by atoms with Crippen LogP contribution in [-0.4, -0.2) is 37.2 Å². The van der Waals surface area contributed by atoms with E-state index in [4.69, 9.17) is 0 Å². The average molecular weight is 392 g/mol. The Morgan fingerprint density at radius 2 is 1.89 bits per heavy atom. The molecule has 1 aliphatic rings. The molecule has 0 atom stereocenters. The summed E-state index contributed by atoms with van der Waals surface area (Å²) in [5.41, 5.74) is 0.381. The lowest BCUT2D eigenvalue weighted by Crippen LogP contribution is -2.37. The van der Waals surface area contributed by atoms with E-state index in [1.165, 1.54) is 0 Å². The molecule has 0 radical (unpaired) electrons.